The quantitative estimate of drug-likeness (QED) is 0.441. The van der Waals surface area contributed by atoms with Crippen molar-refractivity contribution >= 4 is 0 Å². The third-order valence-electron chi connectivity index (χ3n) is 8.99. The van der Waals surface area contributed by atoms with Crippen LogP contribution in [-0.4, -0.2) is 0 Å². The summed E-state index contributed by atoms with van der Waals surface area (Å²) in [6.45, 7) is 4.65. The maximum atomic E-state index is 10.1. The van der Waals surface area contributed by atoms with Crippen molar-refractivity contribution in [1.82, 2.24) is 0 Å². The molecule has 0 aromatic rings. The molecule has 154 valence electrons. The van der Waals surface area contributed by atoms with Crippen LogP contribution in [0.15, 0.2) is 0 Å². The molecule has 0 unspecified atom stereocenters. The Morgan fingerprint density at radius 3 is 1.81 bits per heavy atom. The number of hydrogen-bond acceptors (Lipinski definition) is 1. The summed E-state index contributed by atoms with van der Waals surface area (Å²) in [5.74, 6) is 4.62. The van der Waals surface area contributed by atoms with E-state index in [4.69, 9.17) is 0 Å². The van der Waals surface area contributed by atoms with Gasteiger partial charge >= 0.3 is 0 Å². The molecular weight excluding hydrogens is 326 g/mol. The van der Waals surface area contributed by atoms with E-state index in [1.807, 2.05) is 0 Å². The first kappa shape index (κ1) is 21.2. The highest BCUT2D eigenvalue weighted by Crippen LogP contribution is 2.52. The van der Waals surface area contributed by atoms with Crippen LogP contribution in [0.2, 0.25) is 0 Å². The van der Waals surface area contributed by atoms with Gasteiger partial charge in [0.25, 0.3) is 0 Å². The fourth-order valence-corrected chi connectivity index (χ4v) is 7.09. The molecule has 0 spiro atoms. The molecule has 0 aromatic heterocycles. The van der Waals surface area contributed by atoms with E-state index in [0.29, 0.717) is 5.92 Å². The molecule has 3 rings (SSSR count). The minimum Gasteiger partial charge on any atom is -0.198 e. The van der Waals surface area contributed by atoms with E-state index >= 15 is 0 Å². The number of nitrogens with zero attached hydrogens (tertiary/aromatic N) is 1. The van der Waals surface area contributed by atoms with E-state index in [-0.39, 0.29) is 5.41 Å². The van der Waals surface area contributed by atoms with Crippen LogP contribution in [-0.2, 0) is 0 Å². The zero-order chi connectivity index (χ0) is 19.1. The Balaban J connectivity index is 1.46. The van der Waals surface area contributed by atoms with Gasteiger partial charge in [0, 0.05) is 0 Å². The Labute approximate surface area is 169 Å². The third-order valence-corrected chi connectivity index (χ3v) is 8.99. The van der Waals surface area contributed by atoms with Crippen molar-refractivity contribution in [3.05, 3.63) is 0 Å². The molecule has 0 heterocycles. The topological polar surface area (TPSA) is 23.8 Å². The Morgan fingerprint density at radius 2 is 1.26 bits per heavy atom. The van der Waals surface area contributed by atoms with Crippen LogP contribution in [0.3, 0.4) is 0 Å². The average Bonchev–Trinajstić information content (AvgIpc) is 2.73. The number of rotatable bonds is 7. The van der Waals surface area contributed by atoms with Crippen molar-refractivity contribution in [2.75, 3.05) is 0 Å². The second kappa shape index (κ2) is 10.3. The molecule has 0 N–H and O–H groups in total. The van der Waals surface area contributed by atoms with E-state index in [2.05, 4.69) is 19.9 Å². The zero-order valence-corrected chi connectivity index (χ0v) is 18.4. The van der Waals surface area contributed by atoms with Gasteiger partial charge in [-0.3, -0.25) is 0 Å². The SMILES string of the molecule is CCCCC1CCC([C@]2(C#N)CC[C@@H](C3CCC(CCC)CC3)CC2)CC1. The van der Waals surface area contributed by atoms with E-state index in [0.717, 1.165) is 23.7 Å². The fraction of sp³-hybridized carbons (Fsp3) is 0.962. The normalized spacial score (nSPS) is 40.4. The summed E-state index contributed by atoms with van der Waals surface area (Å²) < 4.78 is 0. The maximum Gasteiger partial charge on any atom is 0.0692 e. The molecule has 0 aromatic carbocycles. The molecule has 0 radical (unpaired) electrons. The van der Waals surface area contributed by atoms with Gasteiger partial charge in [0.1, 0.15) is 0 Å². The van der Waals surface area contributed by atoms with Crippen LogP contribution in [0, 0.1) is 46.3 Å². The standard InChI is InChI=1S/C26H45N/c1-3-5-7-22-10-14-25(15-11-22)26(20-27)18-16-24(17-19-26)23-12-8-21(6-4-2)9-13-23/h21-25H,3-19H2,1-2H3/t21?,22?,23?,24-,25?,26-. The lowest BCUT2D eigenvalue weighted by Gasteiger charge is -2.46. The van der Waals surface area contributed by atoms with Gasteiger partial charge in [-0.15, -0.1) is 0 Å². The summed E-state index contributed by atoms with van der Waals surface area (Å²) in [6, 6.07) is 2.89. The highest BCUT2D eigenvalue weighted by molar-refractivity contribution is 5.06. The lowest BCUT2D eigenvalue weighted by atomic mass is 9.57. The van der Waals surface area contributed by atoms with Crippen LogP contribution in [0.5, 0.6) is 0 Å². The van der Waals surface area contributed by atoms with Gasteiger partial charge < -0.3 is 0 Å². The number of unbranched alkanes of at least 4 members (excludes halogenated alkanes) is 1. The molecule has 1 nitrogen and oxygen atoms in total. The van der Waals surface area contributed by atoms with E-state index in [9.17, 15) is 5.26 Å². The van der Waals surface area contributed by atoms with Crippen LogP contribution in [0.4, 0.5) is 0 Å². The van der Waals surface area contributed by atoms with Crippen molar-refractivity contribution in [3.8, 4) is 6.07 Å². The average molecular weight is 372 g/mol. The second-order valence-corrected chi connectivity index (χ2v) is 10.5. The fourth-order valence-electron chi connectivity index (χ4n) is 7.09. The molecule has 3 saturated carbocycles. The molecule has 3 aliphatic carbocycles. The molecular formula is C26H45N. The van der Waals surface area contributed by atoms with Gasteiger partial charge in [-0.2, -0.15) is 5.26 Å². The molecule has 0 bridgehead atoms. The summed E-state index contributed by atoms with van der Waals surface area (Å²) in [7, 11) is 0. The summed E-state index contributed by atoms with van der Waals surface area (Å²) >= 11 is 0. The second-order valence-electron chi connectivity index (χ2n) is 10.5. The minimum absolute atomic E-state index is 0.0473. The minimum atomic E-state index is 0.0473. The highest BCUT2D eigenvalue weighted by Gasteiger charge is 2.44. The highest BCUT2D eigenvalue weighted by atomic mass is 14.5. The van der Waals surface area contributed by atoms with E-state index in [1.165, 1.54) is 109 Å². The first-order valence-corrected chi connectivity index (χ1v) is 12.6. The molecule has 0 amide bonds. The lowest BCUT2D eigenvalue weighted by molar-refractivity contribution is 0.0602. The first-order valence-electron chi connectivity index (χ1n) is 12.6. The van der Waals surface area contributed by atoms with Gasteiger partial charge in [-0.1, -0.05) is 71.6 Å². The largest absolute Gasteiger partial charge is 0.198 e. The predicted octanol–water partition coefficient (Wildman–Crippen LogP) is 8.29. The lowest BCUT2D eigenvalue weighted by Crippen LogP contribution is -2.38. The molecule has 3 aliphatic rings. The van der Waals surface area contributed by atoms with Gasteiger partial charge in [0.05, 0.1) is 11.5 Å². The number of hydrogen-bond donors (Lipinski definition) is 0. The van der Waals surface area contributed by atoms with Crippen molar-refractivity contribution in [2.24, 2.45) is 35.0 Å². The number of nitriles is 1. The molecule has 1 heteroatoms. The van der Waals surface area contributed by atoms with Crippen molar-refractivity contribution < 1.29 is 0 Å². The third kappa shape index (κ3) is 5.31. The maximum absolute atomic E-state index is 10.1. The summed E-state index contributed by atoms with van der Waals surface area (Å²) in [5, 5.41) is 10.1. The Bertz CT molecular complexity index is 451. The van der Waals surface area contributed by atoms with Crippen molar-refractivity contribution in [1.29, 1.82) is 5.26 Å². The van der Waals surface area contributed by atoms with Crippen molar-refractivity contribution in [3.63, 3.8) is 0 Å². The Kier molecular flexibility index (Phi) is 8.10. The van der Waals surface area contributed by atoms with E-state index < -0.39 is 0 Å². The molecule has 0 saturated heterocycles. The molecule has 0 aliphatic heterocycles. The van der Waals surface area contributed by atoms with Gasteiger partial charge in [0.15, 0.2) is 0 Å². The van der Waals surface area contributed by atoms with Gasteiger partial charge in [-0.05, 0) is 81.0 Å². The van der Waals surface area contributed by atoms with Gasteiger partial charge in [0.2, 0.25) is 0 Å². The summed E-state index contributed by atoms with van der Waals surface area (Å²) in [4.78, 5) is 0. The monoisotopic (exact) mass is 371 g/mol. The Morgan fingerprint density at radius 1 is 0.704 bits per heavy atom. The van der Waals surface area contributed by atoms with Crippen LogP contribution in [0.25, 0.3) is 0 Å². The summed E-state index contributed by atoms with van der Waals surface area (Å²) in [6.07, 6.45) is 23.6. The van der Waals surface area contributed by atoms with E-state index in [1.54, 1.807) is 0 Å². The molecule has 27 heavy (non-hydrogen) atoms. The van der Waals surface area contributed by atoms with Gasteiger partial charge in [-0.25, -0.2) is 0 Å². The van der Waals surface area contributed by atoms with Crippen LogP contribution >= 0.6 is 0 Å². The van der Waals surface area contributed by atoms with Crippen LogP contribution < -0.4 is 0 Å². The first-order chi connectivity index (χ1) is 13.2. The van der Waals surface area contributed by atoms with Crippen molar-refractivity contribution in [2.45, 2.75) is 123 Å². The van der Waals surface area contributed by atoms with Crippen LogP contribution in [0.1, 0.15) is 123 Å². The molecule has 3 fully saturated rings. The molecule has 0 atom stereocenters. The summed E-state index contributed by atoms with van der Waals surface area (Å²) in [5.41, 5.74) is 0.0473. The smallest absolute Gasteiger partial charge is 0.0692 e. The zero-order valence-electron chi connectivity index (χ0n) is 18.4. The Hall–Kier alpha value is -0.510. The predicted molar refractivity (Wildman–Crippen MR) is 115 cm³/mol.